The number of hydrogen-bond acceptors (Lipinski definition) is 7. The van der Waals surface area contributed by atoms with E-state index >= 15 is 0 Å². The number of ether oxygens (including phenoxy) is 2. The second-order valence-electron chi connectivity index (χ2n) is 7.55. The number of hydrogen-bond donors (Lipinski definition) is 2. The van der Waals surface area contributed by atoms with Crippen LogP contribution in [0.25, 0.3) is 0 Å². The minimum atomic E-state index is -0.588. The third-order valence-corrected chi connectivity index (χ3v) is 6.83. The molecule has 10 heteroatoms. The molecule has 1 aliphatic rings. The number of aromatic nitrogens is 1. The van der Waals surface area contributed by atoms with Gasteiger partial charge in [0.1, 0.15) is 0 Å². The van der Waals surface area contributed by atoms with E-state index in [0.29, 0.717) is 35.8 Å². The van der Waals surface area contributed by atoms with Crippen molar-refractivity contribution >= 4 is 34.6 Å². The molecule has 0 spiro atoms. The third kappa shape index (κ3) is 4.05. The van der Waals surface area contributed by atoms with Crippen molar-refractivity contribution in [2.75, 3.05) is 38.4 Å². The standard InChI is InChI=1S/C23H25N5O4S/c1-27(13-8-9-17(31-2)18(12-13)32-3)23(30)28-11-10-16-20(33-22(26-16)21(25)29)19(28)14-6-4-5-7-15(14)24/h4-9,12,19H,10-11,24H2,1-3H3,(H2,25,29). The van der Waals surface area contributed by atoms with Gasteiger partial charge in [-0.25, -0.2) is 9.78 Å². The third-order valence-electron chi connectivity index (χ3n) is 5.67. The van der Waals surface area contributed by atoms with Crippen LogP contribution in [-0.2, 0) is 6.42 Å². The highest BCUT2D eigenvalue weighted by molar-refractivity contribution is 7.13. The lowest BCUT2D eigenvalue weighted by Gasteiger charge is -2.38. The number of thiazole rings is 1. The molecule has 33 heavy (non-hydrogen) atoms. The summed E-state index contributed by atoms with van der Waals surface area (Å²) in [5.41, 5.74) is 14.5. The molecule has 0 saturated carbocycles. The number of urea groups is 1. The summed E-state index contributed by atoms with van der Waals surface area (Å²) in [6, 6.07) is 12.0. The quantitative estimate of drug-likeness (QED) is 0.556. The number of nitrogens with zero attached hydrogens (tertiary/aromatic N) is 3. The number of methoxy groups -OCH3 is 2. The summed E-state index contributed by atoms with van der Waals surface area (Å²) < 4.78 is 10.7. The van der Waals surface area contributed by atoms with Crippen molar-refractivity contribution in [3.8, 4) is 11.5 Å². The summed E-state index contributed by atoms with van der Waals surface area (Å²) in [7, 11) is 4.80. The molecule has 3 amide bonds. The van der Waals surface area contributed by atoms with Gasteiger partial charge in [0, 0.05) is 43.0 Å². The van der Waals surface area contributed by atoms with Crippen molar-refractivity contribution in [1.29, 1.82) is 0 Å². The van der Waals surface area contributed by atoms with Crippen LogP contribution in [0.1, 0.15) is 32.0 Å². The highest BCUT2D eigenvalue weighted by atomic mass is 32.1. The van der Waals surface area contributed by atoms with Crippen molar-refractivity contribution in [1.82, 2.24) is 9.88 Å². The van der Waals surface area contributed by atoms with Crippen LogP contribution in [0.15, 0.2) is 42.5 Å². The van der Waals surface area contributed by atoms with E-state index in [1.165, 1.54) is 11.3 Å². The maximum atomic E-state index is 13.7. The van der Waals surface area contributed by atoms with Crippen molar-refractivity contribution in [3.63, 3.8) is 0 Å². The number of primary amides is 1. The van der Waals surface area contributed by atoms with Gasteiger partial charge in [0.2, 0.25) is 0 Å². The number of nitrogen functional groups attached to an aromatic ring is 1. The molecule has 0 radical (unpaired) electrons. The molecule has 2 aromatic carbocycles. The first kappa shape index (κ1) is 22.4. The van der Waals surface area contributed by atoms with Crippen LogP contribution < -0.4 is 25.8 Å². The Balaban J connectivity index is 1.76. The summed E-state index contributed by atoms with van der Waals surface area (Å²) >= 11 is 1.20. The van der Waals surface area contributed by atoms with Gasteiger partial charge in [-0.1, -0.05) is 18.2 Å². The summed E-state index contributed by atoms with van der Waals surface area (Å²) in [5, 5.41) is 0.224. The van der Waals surface area contributed by atoms with Crippen LogP contribution in [0, 0.1) is 0 Å². The van der Waals surface area contributed by atoms with Crippen molar-refractivity contribution in [3.05, 3.63) is 63.6 Å². The van der Waals surface area contributed by atoms with Gasteiger partial charge in [0.15, 0.2) is 16.5 Å². The molecule has 1 atom stereocenters. The van der Waals surface area contributed by atoms with Crippen molar-refractivity contribution in [2.24, 2.45) is 5.73 Å². The molecule has 2 heterocycles. The molecular formula is C23H25N5O4S. The Bertz CT molecular complexity index is 1210. The van der Waals surface area contributed by atoms with Gasteiger partial charge in [-0.3, -0.25) is 9.69 Å². The van der Waals surface area contributed by atoms with Crippen molar-refractivity contribution in [2.45, 2.75) is 12.5 Å². The second kappa shape index (κ2) is 8.99. The number of para-hydroxylation sites is 1. The van der Waals surface area contributed by atoms with Crippen LogP contribution >= 0.6 is 11.3 Å². The number of rotatable bonds is 5. The topological polar surface area (TPSA) is 124 Å². The SMILES string of the molecule is COc1ccc(N(C)C(=O)N2CCc3nc(C(N)=O)sc3C2c2ccccc2N)cc1OC. The Morgan fingerprint density at radius 2 is 1.88 bits per heavy atom. The van der Waals surface area contributed by atoms with E-state index in [-0.39, 0.29) is 11.0 Å². The maximum Gasteiger partial charge on any atom is 0.325 e. The minimum Gasteiger partial charge on any atom is -0.493 e. The van der Waals surface area contributed by atoms with E-state index in [1.807, 2.05) is 18.2 Å². The van der Waals surface area contributed by atoms with Gasteiger partial charge in [-0.15, -0.1) is 11.3 Å². The Hall–Kier alpha value is -3.79. The van der Waals surface area contributed by atoms with Crippen LogP contribution in [0.2, 0.25) is 0 Å². The fourth-order valence-electron chi connectivity index (χ4n) is 3.97. The number of benzene rings is 2. The Kier molecular flexibility index (Phi) is 6.10. The Morgan fingerprint density at radius 3 is 2.55 bits per heavy atom. The molecule has 1 aliphatic heterocycles. The van der Waals surface area contributed by atoms with E-state index < -0.39 is 11.9 Å². The molecule has 3 aromatic rings. The lowest BCUT2D eigenvalue weighted by Crippen LogP contribution is -2.46. The minimum absolute atomic E-state index is 0.224. The largest absolute Gasteiger partial charge is 0.493 e. The van der Waals surface area contributed by atoms with E-state index in [4.69, 9.17) is 20.9 Å². The van der Waals surface area contributed by atoms with E-state index in [2.05, 4.69) is 4.98 Å². The zero-order valence-electron chi connectivity index (χ0n) is 18.6. The van der Waals surface area contributed by atoms with Gasteiger partial charge in [-0.05, 0) is 18.2 Å². The number of nitrogens with two attached hydrogens (primary N) is 2. The van der Waals surface area contributed by atoms with Crippen LogP contribution in [-0.4, -0.2) is 49.6 Å². The van der Waals surface area contributed by atoms with Crippen molar-refractivity contribution < 1.29 is 19.1 Å². The number of fused-ring (bicyclic) bond motifs is 1. The van der Waals surface area contributed by atoms with E-state index in [1.54, 1.807) is 55.3 Å². The Morgan fingerprint density at radius 1 is 1.15 bits per heavy atom. The van der Waals surface area contributed by atoms with Gasteiger partial charge in [-0.2, -0.15) is 0 Å². The van der Waals surface area contributed by atoms with Gasteiger partial charge < -0.3 is 25.8 Å². The van der Waals surface area contributed by atoms with E-state index in [0.717, 1.165) is 16.1 Å². The molecule has 9 nitrogen and oxygen atoms in total. The summed E-state index contributed by atoms with van der Waals surface area (Å²) in [4.78, 5) is 34.0. The molecule has 0 saturated heterocycles. The van der Waals surface area contributed by atoms with Gasteiger partial charge in [0.05, 0.1) is 30.8 Å². The molecule has 1 unspecified atom stereocenters. The van der Waals surface area contributed by atoms with Gasteiger partial charge in [0.25, 0.3) is 5.91 Å². The van der Waals surface area contributed by atoms with Crippen LogP contribution in [0.3, 0.4) is 0 Å². The first-order valence-electron chi connectivity index (χ1n) is 10.3. The average molecular weight is 468 g/mol. The molecule has 0 fully saturated rings. The zero-order valence-corrected chi connectivity index (χ0v) is 19.4. The fraction of sp³-hybridized carbons (Fsp3) is 0.261. The maximum absolute atomic E-state index is 13.7. The van der Waals surface area contributed by atoms with Crippen LogP contribution in [0.4, 0.5) is 16.2 Å². The molecule has 4 N–H and O–H groups in total. The molecule has 0 bridgehead atoms. The summed E-state index contributed by atoms with van der Waals surface area (Å²) in [6.45, 7) is 0.407. The summed E-state index contributed by atoms with van der Waals surface area (Å²) in [6.07, 6.45) is 0.508. The number of anilines is 2. The molecule has 4 rings (SSSR count). The predicted molar refractivity (Wildman–Crippen MR) is 127 cm³/mol. The zero-order chi connectivity index (χ0) is 23.7. The lowest BCUT2D eigenvalue weighted by molar-refractivity contribution is 0.0999. The molecule has 1 aromatic heterocycles. The second-order valence-corrected chi connectivity index (χ2v) is 8.58. The smallest absolute Gasteiger partial charge is 0.325 e. The lowest BCUT2D eigenvalue weighted by atomic mass is 9.96. The first-order valence-corrected chi connectivity index (χ1v) is 11.1. The highest BCUT2D eigenvalue weighted by Gasteiger charge is 2.37. The monoisotopic (exact) mass is 467 g/mol. The fourth-order valence-corrected chi connectivity index (χ4v) is 5.07. The first-order chi connectivity index (χ1) is 15.8. The highest BCUT2D eigenvalue weighted by Crippen LogP contribution is 2.41. The van der Waals surface area contributed by atoms with Gasteiger partial charge >= 0.3 is 6.03 Å². The molecule has 0 aliphatic carbocycles. The van der Waals surface area contributed by atoms with Crippen LogP contribution in [0.5, 0.6) is 11.5 Å². The number of carbonyl (C=O) groups excluding carboxylic acids is 2. The normalized spacial score (nSPS) is 15.0. The average Bonchev–Trinajstić information content (AvgIpc) is 3.27. The number of carbonyl (C=O) groups is 2. The van der Waals surface area contributed by atoms with E-state index in [9.17, 15) is 9.59 Å². The summed E-state index contributed by atoms with van der Waals surface area (Å²) in [5.74, 6) is 0.505. The predicted octanol–water partition coefficient (Wildman–Crippen LogP) is 3.05. The molecule has 172 valence electrons. The number of amides is 3. The Labute approximate surface area is 195 Å². The molecular weight excluding hydrogens is 442 g/mol.